The minimum absolute atomic E-state index is 0.0906. The Labute approximate surface area is 224 Å². The van der Waals surface area contributed by atoms with Gasteiger partial charge in [0.2, 0.25) is 0 Å². The molecule has 2 spiro atoms. The zero-order valence-electron chi connectivity index (χ0n) is 21.6. The fourth-order valence-corrected chi connectivity index (χ4v) is 7.11. The van der Waals surface area contributed by atoms with E-state index in [2.05, 4.69) is 15.0 Å². The molecular formula is C27H34F3N5O2S. The molecule has 3 aliphatic carbocycles. The van der Waals surface area contributed by atoms with E-state index >= 15 is 0 Å². The third-order valence-corrected chi connectivity index (χ3v) is 9.66. The Morgan fingerprint density at radius 3 is 2.11 bits per heavy atom. The van der Waals surface area contributed by atoms with E-state index in [-0.39, 0.29) is 22.7 Å². The Morgan fingerprint density at radius 2 is 1.55 bits per heavy atom. The first-order valence-electron chi connectivity index (χ1n) is 13.5. The molecule has 3 saturated carbocycles. The molecule has 0 atom stereocenters. The third kappa shape index (κ3) is 5.15. The molecule has 2 saturated heterocycles. The average molecular weight is 550 g/mol. The standard InChI is InChI=1S/C19H27N5O2.C8H7F3S/c25-16(22-9-17(10-22)3-1-2-4-17)23-11-18(12-23)7-14(8-18)24-13-20-15(21-24)19(26)5-6-19;1-6-2-4-7(5-3-6)12-8(9,10)11/h13-14,26H,1-12H2;2-5H,1H3. The zero-order chi connectivity index (χ0) is 26.8. The number of hydrogen-bond acceptors (Lipinski definition) is 5. The predicted molar refractivity (Wildman–Crippen MR) is 136 cm³/mol. The Morgan fingerprint density at radius 1 is 0.974 bits per heavy atom. The van der Waals surface area contributed by atoms with Crippen molar-refractivity contribution in [1.82, 2.24) is 24.6 Å². The van der Waals surface area contributed by atoms with Crippen LogP contribution in [0.4, 0.5) is 18.0 Å². The number of thioether (sulfide) groups is 1. The number of likely N-dealkylation sites (tertiary alicyclic amines) is 2. The number of amides is 2. The van der Waals surface area contributed by atoms with Gasteiger partial charge in [0.05, 0.1) is 6.04 Å². The lowest BCUT2D eigenvalue weighted by Crippen LogP contribution is -2.69. The van der Waals surface area contributed by atoms with Gasteiger partial charge in [-0.05, 0) is 69.3 Å². The van der Waals surface area contributed by atoms with Crippen molar-refractivity contribution >= 4 is 17.8 Å². The Hall–Kier alpha value is -2.27. The predicted octanol–water partition coefficient (Wildman–Crippen LogP) is 5.50. The van der Waals surface area contributed by atoms with Crippen LogP contribution < -0.4 is 0 Å². The number of halogens is 3. The van der Waals surface area contributed by atoms with Crippen molar-refractivity contribution in [3.05, 3.63) is 42.0 Å². The van der Waals surface area contributed by atoms with Crippen LogP contribution in [0, 0.1) is 17.8 Å². The van der Waals surface area contributed by atoms with Crippen LogP contribution >= 0.6 is 11.8 Å². The highest BCUT2D eigenvalue weighted by atomic mass is 32.2. The molecule has 0 radical (unpaired) electrons. The Balaban J connectivity index is 0.000000187. The summed E-state index contributed by atoms with van der Waals surface area (Å²) in [4.78, 5) is 21.3. The number of hydrogen-bond donors (Lipinski definition) is 1. The molecule has 1 aromatic heterocycles. The summed E-state index contributed by atoms with van der Waals surface area (Å²) in [5.41, 5.74) is -3.19. The number of urea groups is 1. The smallest absolute Gasteiger partial charge is 0.382 e. The molecule has 2 aromatic rings. The van der Waals surface area contributed by atoms with Gasteiger partial charge in [0.1, 0.15) is 11.9 Å². The lowest BCUT2D eigenvalue weighted by Gasteiger charge is -2.60. The van der Waals surface area contributed by atoms with E-state index in [9.17, 15) is 23.1 Å². The third-order valence-electron chi connectivity index (χ3n) is 8.92. The minimum atomic E-state index is -4.19. The van der Waals surface area contributed by atoms with Gasteiger partial charge < -0.3 is 14.9 Å². The first-order valence-corrected chi connectivity index (χ1v) is 14.3. The highest BCUT2D eigenvalue weighted by molar-refractivity contribution is 8.00. The molecule has 2 amide bonds. The van der Waals surface area contributed by atoms with Gasteiger partial charge >= 0.3 is 11.5 Å². The van der Waals surface area contributed by atoms with Crippen LogP contribution in [-0.4, -0.2) is 67.4 Å². The first kappa shape index (κ1) is 26.0. The molecule has 11 heteroatoms. The van der Waals surface area contributed by atoms with Gasteiger partial charge in [0, 0.05) is 41.9 Å². The second-order valence-electron chi connectivity index (χ2n) is 12.2. The SMILES string of the molecule is Cc1ccc(SC(F)(F)F)cc1.O=C(N1CC2(CCCC2)C1)N1CC2(CC(n3cnc(C4(O)CC4)n3)C2)C1. The number of nitrogens with zero attached hydrogens (tertiary/aromatic N) is 5. The molecule has 206 valence electrons. The van der Waals surface area contributed by atoms with Gasteiger partial charge in [-0.15, -0.1) is 0 Å². The molecule has 5 aliphatic rings. The molecule has 5 fully saturated rings. The Kier molecular flexibility index (Phi) is 6.25. The number of aliphatic hydroxyl groups is 1. The molecule has 7 nitrogen and oxygen atoms in total. The molecule has 0 unspecified atom stereocenters. The first-order chi connectivity index (χ1) is 18.0. The van der Waals surface area contributed by atoms with Crippen molar-refractivity contribution in [2.75, 3.05) is 26.2 Å². The number of alkyl halides is 3. The summed E-state index contributed by atoms with van der Waals surface area (Å²) >= 11 is -0.0906. The molecule has 2 aliphatic heterocycles. The maximum absolute atomic E-state index is 12.6. The number of carbonyl (C=O) groups excluding carboxylic acids is 1. The van der Waals surface area contributed by atoms with Crippen molar-refractivity contribution < 1.29 is 23.1 Å². The summed E-state index contributed by atoms with van der Waals surface area (Å²) in [6.07, 6.45) is 10.8. The van der Waals surface area contributed by atoms with Crippen molar-refractivity contribution in [2.24, 2.45) is 10.8 Å². The summed E-state index contributed by atoms with van der Waals surface area (Å²) in [5.74, 6) is 0.586. The van der Waals surface area contributed by atoms with Gasteiger partial charge in [-0.25, -0.2) is 14.5 Å². The topological polar surface area (TPSA) is 74.5 Å². The Bertz CT molecular complexity index is 1170. The molecular weight excluding hydrogens is 515 g/mol. The maximum atomic E-state index is 12.6. The normalized spacial score (nSPS) is 24.3. The number of rotatable bonds is 3. The van der Waals surface area contributed by atoms with Gasteiger partial charge in [0.15, 0.2) is 5.82 Å². The molecule has 0 bridgehead atoms. The van der Waals surface area contributed by atoms with Crippen LogP contribution in [0.25, 0.3) is 0 Å². The van der Waals surface area contributed by atoms with Crippen molar-refractivity contribution in [1.29, 1.82) is 0 Å². The van der Waals surface area contributed by atoms with E-state index in [1.807, 2.05) is 16.5 Å². The molecule has 38 heavy (non-hydrogen) atoms. The van der Waals surface area contributed by atoms with Crippen LogP contribution in [0.3, 0.4) is 0 Å². The van der Waals surface area contributed by atoms with E-state index in [0.29, 0.717) is 22.7 Å². The van der Waals surface area contributed by atoms with Crippen LogP contribution in [0.1, 0.15) is 68.8 Å². The van der Waals surface area contributed by atoms with E-state index in [4.69, 9.17) is 0 Å². The van der Waals surface area contributed by atoms with Gasteiger partial charge in [0.25, 0.3) is 0 Å². The number of carbonyl (C=O) groups is 1. The highest BCUT2D eigenvalue weighted by Crippen LogP contribution is 2.55. The zero-order valence-corrected chi connectivity index (χ0v) is 22.4. The minimum Gasteiger partial charge on any atom is -0.382 e. The van der Waals surface area contributed by atoms with E-state index in [1.54, 1.807) is 18.5 Å². The molecule has 3 heterocycles. The molecule has 7 rings (SSSR count). The molecule has 1 N–H and O–H groups in total. The van der Waals surface area contributed by atoms with Crippen molar-refractivity contribution in [3.63, 3.8) is 0 Å². The van der Waals surface area contributed by atoms with Crippen LogP contribution in [-0.2, 0) is 5.60 Å². The largest absolute Gasteiger partial charge is 0.446 e. The molecule has 1 aromatic carbocycles. The summed E-state index contributed by atoms with van der Waals surface area (Å²) in [6, 6.07) is 6.89. The van der Waals surface area contributed by atoms with Crippen molar-refractivity contribution in [2.45, 2.75) is 80.3 Å². The van der Waals surface area contributed by atoms with Crippen LogP contribution in [0.2, 0.25) is 0 Å². The lowest BCUT2D eigenvalue weighted by molar-refractivity contribution is -0.0846. The van der Waals surface area contributed by atoms with Gasteiger partial charge in [-0.2, -0.15) is 18.3 Å². The lowest BCUT2D eigenvalue weighted by atomic mass is 9.60. The van der Waals surface area contributed by atoms with E-state index in [1.165, 1.54) is 37.8 Å². The second-order valence-corrected chi connectivity index (χ2v) is 13.3. The number of aryl methyl sites for hydroxylation is 1. The summed E-state index contributed by atoms with van der Waals surface area (Å²) in [7, 11) is 0. The van der Waals surface area contributed by atoms with Crippen LogP contribution in [0.15, 0.2) is 35.5 Å². The maximum Gasteiger partial charge on any atom is 0.446 e. The number of benzene rings is 1. The quantitative estimate of drug-likeness (QED) is 0.512. The average Bonchev–Trinajstić information content (AvgIpc) is 3.18. The fraction of sp³-hybridized carbons (Fsp3) is 0.667. The van der Waals surface area contributed by atoms with Gasteiger partial charge in [-0.1, -0.05) is 30.5 Å². The second kappa shape index (κ2) is 9.15. The van der Waals surface area contributed by atoms with Gasteiger partial charge in [-0.3, -0.25) is 0 Å². The fourth-order valence-electron chi connectivity index (χ4n) is 6.57. The summed E-state index contributed by atoms with van der Waals surface area (Å²) in [5, 5.41) is 14.6. The van der Waals surface area contributed by atoms with Crippen LogP contribution in [0.5, 0.6) is 0 Å². The van der Waals surface area contributed by atoms with Crippen molar-refractivity contribution in [3.8, 4) is 0 Å². The summed E-state index contributed by atoms with van der Waals surface area (Å²) < 4.78 is 37.3. The van der Waals surface area contributed by atoms with E-state index < -0.39 is 11.1 Å². The number of aromatic nitrogens is 3. The highest BCUT2D eigenvalue weighted by Gasteiger charge is 2.57. The van der Waals surface area contributed by atoms with E-state index in [0.717, 1.165) is 57.4 Å². The monoisotopic (exact) mass is 549 g/mol. The summed E-state index contributed by atoms with van der Waals surface area (Å²) in [6.45, 7) is 5.61.